The molecule has 0 saturated heterocycles. The third-order valence-electron chi connectivity index (χ3n) is 0.827. The number of aliphatic hydroxyl groups excluding tert-OH is 1. The molecule has 0 aromatic rings. The number of alkyl halides is 1. The van der Waals surface area contributed by atoms with Crippen LogP contribution in [0.5, 0.6) is 0 Å². The summed E-state index contributed by atoms with van der Waals surface area (Å²) in [5, 5.41) is 7.56. The van der Waals surface area contributed by atoms with Gasteiger partial charge in [-0.05, 0) is 22.9 Å². The van der Waals surface area contributed by atoms with E-state index in [0.29, 0.717) is 6.61 Å². The number of rotatable bonds is 5. The van der Waals surface area contributed by atoms with E-state index in [1.165, 1.54) is 0 Å². The van der Waals surface area contributed by atoms with Gasteiger partial charge in [0.05, 0.1) is 19.8 Å². The molecule has 0 aromatic carbocycles. The predicted molar refractivity (Wildman–Crippen MR) is 42.4 cm³/mol. The van der Waals surface area contributed by atoms with E-state index in [1.54, 1.807) is 6.92 Å². The third kappa shape index (κ3) is 5.17. The van der Waals surface area contributed by atoms with E-state index < -0.39 is 11.0 Å². The van der Waals surface area contributed by atoms with Gasteiger partial charge in [-0.25, -0.2) is 4.79 Å². The van der Waals surface area contributed by atoms with Crippen LogP contribution in [0.2, 0.25) is 0 Å². The zero-order valence-corrected chi connectivity index (χ0v) is 7.83. The average Bonchev–Trinajstić information content (AvgIpc) is 2.00. The van der Waals surface area contributed by atoms with E-state index in [4.69, 9.17) is 9.84 Å². The molecule has 1 unspecified atom stereocenters. The smallest absolute Gasteiger partial charge is 0.346 e. The fourth-order valence-corrected chi connectivity index (χ4v) is 0.751. The van der Waals surface area contributed by atoms with Gasteiger partial charge in [0, 0.05) is 0 Å². The summed E-state index contributed by atoms with van der Waals surface area (Å²) in [6.45, 7) is 2.04. The number of halogens is 1. The van der Waals surface area contributed by atoms with Crippen molar-refractivity contribution in [2.75, 3.05) is 19.8 Å². The van der Waals surface area contributed by atoms with Gasteiger partial charge in [0.1, 0.15) is 0 Å². The lowest BCUT2D eigenvalue weighted by Crippen LogP contribution is -2.21. The second-order valence-corrected chi connectivity index (χ2v) is 2.49. The average molecular weight is 227 g/mol. The molecule has 0 rings (SSSR count). The number of aliphatic hydroxyl groups is 1. The molecule has 5 heteroatoms. The van der Waals surface area contributed by atoms with Gasteiger partial charge in [-0.2, -0.15) is 0 Å². The Kier molecular flexibility index (Phi) is 6.49. The van der Waals surface area contributed by atoms with Crippen molar-refractivity contribution in [1.29, 1.82) is 0 Å². The van der Waals surface area contributed by atoms with E-state index in [-0.39, 0.29) is 13.2 Å². The molecule has 0 aliphatic rings. The zero-order chi connectivity index (χ0) is 8.69. The molecule has 0 aromatic heterocycles. The van der Waals surface area contributed by atoms with Crippen LogP contribution in [0.25, 0.3) is 0 Å². The monoisotopic (exact) mass is 226 g/mol. The molecular formula is C6H11BrO4. The van der Waals surface area contributed by atoms with Gasteiger partial charge in [-0.3, -0.25) is 0 Å². The first kappa shape index (κ1) is 10.9. The molecule has 0 aliphatic carbocycles. The van der Waals surface area contributed by atoms with Crippen molar-refractivity contribution in [3.63, 3.8) is 0 Å². The lowest BCUT2D eigenvalue weighted by Gasteiger charge is -2.08. The van der Waals surface area contributed by atoms with Crippen LogP contribution in [0.1, 0.15) is 6.92 Å². The molecule has 4 nitrogen and oxygen atoms in total. The molecule has 66 valence electrons. The van der Waals surface area contributed by atoms with Gasteiger partial charge in [0.2, 0.25) is 5.01 Å². The van der Waals surface area contributed by atoms with Crippen molar-refractivity contribution >= 4 is 21.9 Å². The van der Waals surface area contributed by atoms with Gasteiger partial charge in [0.15, 0.2) is 0 Å². The van der Waals surface area contributed by atoms with Crippen LogP contribution in [-0.4, -0.2) is 35.9 Å². The van der Waals surface area contributed by atoms with Crippen molar-refractivity contribution in [2.24, 2.45) is 0 Å². The molecule has 0 fully saturated rings. The first-order valence-corrected chi connectivity index (χ1v) is 4.17. The summed E-state index contributed by atoms with van der Waals surface area (Å²) in [6.07, 6.45) is 0. The van der Waals surface area contributed by atoms with E-state index in [0.717, 1.165) is 0 Å². The molecule has 0 bridgehead atoms. The van der Waals surface area contributed by atoms with E-state index >= 15 is 0 Å². The predicted octanol–water partition coefficient (Wildman–Crippen LogP) is 0.279. The fraction of sp³-hybridized carbons (Fsp3) is 0.833. The highest BCUT2D eigenvalue weighted by atomic mass is 79.9. The number of ether oxygens (including phenoxy) is 2. The topological polar surface area (TPSA) is 55.8 Å². The highest BCUT2D eigenvalue weighted by Gasteiger charge is 2.15. The summed E-state index contributed by atoms with van der Waals surface area (Å²) in [5.74, 6) is -0.471. The summed E-state index contributed by atoms with van der Waals surface area (Å²) in [4.78, 5) is 10.8. The molecule has 0 aliphatic heterocycles. The minimum atomic E-state index is -0.769. The van der Waals surface area contributed by atoms with Crippen molar-refractivity contribution in [1.82, 2.24) is 0 Å². The first-order chi connectivity index (χ1) is 5.22. The SMILES string of the molecule is CCOC(=O)C(Br)OCCO. The Morgan fingerprint density at radius 3 is 2.82 bits per heavy atom. The summed E-state index contributed by atoms with van der Waals surface area (Å²) in [5.41, 5.74) is 0. The normalized spacial score (nSPS) is 12.6. The van der Waals surface area contributed by atoms with Crippen LogP contribution >= 0.6 is 15.9 Å². The second kappa shape index (κ2) is 6.57. The van der Waals surface area contributed by atoms with Gasteiger partial charge in [-0.1, -0.05) is 0 Å². The minimum Gasteiger partial charge on any atom is -0.463 e. The molecular weight excluding hydrogens is 216 g/mol. The zero-order valence-electron chi connectivity index (χ0n) is 6.25. The molecule has 0 amide bonds. The van der Waals surface area contributed by atoms with Crippen LogP contribution in [0.4, 0.5) is 0 Å². The van der Waals surface area contributed by atoms with Crippen molar-refractivity contribution in [3.8, 4) is 0 Å². The lowest BCUT2D eigenvalue weighted by molar-refractivity contribution is -0.150. The lowest BCUT2D eigenvalue weighted by atomic mass is 10.7. The maximum Gasteiger partial charge on any atom is 0.346 e. The molecule has 0 spiro atoms. The number of carbonyl (C=O) groups is 1. The van der Waals surface area contributed by atoms with Crippen LogP contribution in [0.15, 0.2) is 0 Å². The highest BCUT2D eigenvalue weighted by Crippen LogP contribution is 2.03. The van der Waals surface area contributed by atoms with Gasteiger partial charge < -0.3 is 14.6 Å². The van der Waals surface area contributed by atoms with Crippen LogP contribution in [0, 0.1) is 0 Å². The maximum absolute atomic E-state index is 10.8. The van der Waals surface area contributed by atoms with Crippen molar-refractivity contribution in [2.45, 2.75) is 11.9 Å². The van der Waals surface area contributed by atoms with E-state index in [1.807, 2.05) is 0 Å². The van der Waals surface area contributed by atoms with Crippen LogP contribution in [-0.2, 0) is 14.3 Å². The van der Waals surface area contributed by atoms with E-state index in [9.17, 15) is 4.79 Å². The third-order valence-corrected chi connectivity index (χ3v) is 1.47. The Bertz CT molecular complexity index is 117. The van der Waals surface area contributed by atoms with Gasteiger partial charge in [-0.15, -0.1) is 0 Å². The molecule has 1 atom stereocenters. The largest absolute Gasteiger partial charge is 0.463 e. The fourth-order valence-electron chi connectivity index (χ4n) is 0.432. The number of carbonyl (C=O) groups excluding carboxylic acids is 1. The summed E-state index contributed by atoms with van der Waals surface area (Å²) < 4.78 is 9.41. The van der Waals surface area contributed by atoms with Crippen LogP contribution < -0.4 is 0 Å². The Morgan fingerprint density at radius 2 is 2.36 bits per heavy atom. The highest BCUT2D eigenvalue weighted by molar-refractivity contribution is 9.09. The number of hydrogen-bond acceptors (Lipinski definition) is 4. The van der Waals surface area contributed by atoms with Crippen molar-refractivity contribution in [3.05, 3.63) is 0 Å². The molecule has 1 N–H and O–H groups in total. The standard InChI is InChI=1S/C6H11BrO4/c1-2-10-6(9)5(7)11-4-3-8/h5,8H,2-4H2,1H3. The first-order valence-electron chi connectivity index (χ1n) is 3.25. The summed E-state index contributed by atoms with van der Waals surface area (Å²) in [7, 11) is 0. The Hall–Kier alpha value is -0.130. The minimum absolute atomic E-state index is 0.110. The molecule has 0 saturated carbocycles. The van der Waals surface area contributed by atoms with Crippen LogP contribution in [0.3, 0.4) is 0 Å². The quantitative estimate of drug-likeness (QED) is 0.541. The van der Waals surface area contributed by atoms with Gasteiger partial charge >= 0.3 is 5.97 Å². The Labute approximate surface area is 73.6 Å². The molecule has 0 radical (unpaired) electrons. The summed E-state index contributed by atoms with van der Waals surface area (Å²) in [6, 6.07) is 0. The Balaban J connectivity index is 3.46. The molecule has 11 heavy (non-hydrogen) atoms. The molecule has 0 heterocycles. The maximum atomic E-state index is 10.8. The number of esters is 1. The second-order valence-electron chi connectivity index (χ2n) is 1.66. The summed E-state index contributed by atoms with van der Waals surface area (Å²) >= 11 is 2.94. The Morgan fingerprint density at radius 1 is 1.73 bits per heavy atom. The van der Waals surface area contributed by atoms with Gasteiger partial charge in [0.25, 0.3) is 0 Å². The van der Waals surface area contributed by atoms with E-state index in [2.05, 4.69) is 20.7 Å². The number of hydrogen-bond donors (Lipinski definition) is 1. The van der Waals surface area contributed by atoms with Crippen molar-refractivity contribution < 1.29 is 19.4 Å².